The number of nitro groups is 1. The molecule has 8 nitrogen and oxygen atoms in total. The normalized spacial score (nSPS) is 15.8. The van der Waals surface area contributed by atoms with Crippen molar-refractivity contribution in [1.82, 2.24) is 5.32 Å². The SMILES string of the molecule is Cc1cccc(N2C(=O)/C(=C/c3ccc(O)c([N+](=O)[O-])c3)C(=O)NC2=S)c1. The second-order valence-corrected chi connectivity index (χ2v) is 6.19. The topological polar surface area (TPSA) is 113 Å². The van der Waals surface area contributed by atoms with Crippen LogP contribution < -0.4 is 10.2 Å². The molecule has 2 aromatic rings. The summed E-state index contributed by atoms with van der Waals surface area (Å²) in [5.74, 6) is -1.86. The lowest BCUT2D eigenvalue weighted by molar-refractivity contribution is -0.385. The van der Waals surface area contributed by atoms with Crippen LogP contribution in [0.15, 0.2) is 48.0 Å². The lowest BCUT2D eigenvalue weighted by Crippen LogP contribution is -2.54. The predicted molar refractivity (Wildman–Crippen MR) is 102 cm³/mol. The van der Waals surface area contributed by atoms with Gasteiger partial charge in [-0.1, -0.05) is 18.2 Å². The first-order valence-electron chi connectivity index (χ1n) is 7.73. The molecule has 136 valence electrons. The van der Waals surface area contributed by atoms with Gasteiger partial charge in [0, 0.05) is 6.07 Å². The van der Waals surface area contributed by atoms with Gasteiger partial charge in [-0.3, -0.25) is 29.9 Å². The Balaban J connectivity index is 2.04. The van der Waals surface area contributed by atoms with Gasteiger partial charge in [-0.05, 0) is 54.5 Å². The van der Waals surface area contributed by atoms with Crippen molar-refractivity contribution in [2.24, 2.45) is 0 Å². The van der Waals surface area contributed by atoms with E-state index in [0.717, 1.165) is 17.7 Å². The summed E-state index contributed by atoms with van der Waals surface area (Å²) in [6.07, 6.45) is 1.22. The van der Waals surface area contributed by atoms with Gasteiger partial charge in [-0.25, -0.2) is 0 Å². The van der Waals surface area contributed by atoms with Gasteiger partial charge in [0.15, 0.2) is 10.9 Å². The number of hydrogen-bond acceptors (Lipinski definition) is 6. The number of nitrogens with one attached hydrogen (secondary N) is 1. The highest BCUT2D eigenvalue weighted by Crippen LogP contribution is 2.28. The Morgan fingerprint density at radius 1 is 1.22 bits per heavy atom. The van der Waals surface area contributed by atoms with Crippen LogP contribution in [-0.4, -0.2) is 27.0 Å². The maximum atomic E-state index is 12.9. The number of phenolic OH excluding ortho intramolecular Hbond substituents is 1. The highest BCUT2D eigenvalue weighted by atomic mass is 32.1. The van der Waals surface area contributed by atoms with E-state index in [1.807, 2.05) is 13.0 Å². The first-order valence-corrected chi connectivity index (χ1v) is 8.14. The molecule has 0 aromatic heterocycles. The van der Waals surface area contributed by atoms with E-state index in [9.17, 15) is 24.8 Å². The molecule has 0 saturated carbocycles. The number of aromatic hydroxyl groups is 1. The Kier molecular flexibility index (Phi) is 4.70. The number of thiocarbonyl (C=S) groups is 1. The van der Waals surface area contributed by atoms with Crippen LogP contribution in [0.5, 0.6) is 5.75 Å². The molecule has 0 atom stereocenters. The number of hydrogen-bond donors (Lipinski definition) is 2. The van der Waals surface area contributed by atoms with Crippen molar-refractivity contribution in [3.63, 3.8) is 0 Å². The molecule has 1 aliphatic rings. The Labute approximate surface area is 158 Å². The van der Waals surface area contributed by atoms with E-state index < -0.39 is 28.2 Å². The number of rotatable bonds is 3. The maximum absolute atomic E-state index is 12.9. The number of benzene rings is 2. The van der Waals surface area contributed by atoms with E-state index >= 15 is 0 Å². The molecule has 0 spiro atoms. The molecule has 2 aromatic carbocycles. The summed E-state index contributed by atoms with van der Waals surface area (Å²) in [6.45, 7) is 1.85. The maximum Gasteiger partial charge on any atom is 0.311 e. The molecule has 1 heterocycles. The van der Waals surface area contributed by atoms with Crippen molar-refractivity contribution in [3.8, 4) is 5.75 Å². The second-order valence-electron chi connectivity index (χ2n) is 5.80. The quantitative estimate of drug-likeness (QED) is 0.277. The Bertz CT molecular complexity index is 1030. The highest BCUT2D eigenvalue weighted by molar-refractivity contribution is 7.80. The molecule has 9 heteroatoms. The van der Waals surface area contributed by atoms with Crippen molar-refractivity contribution < 1.29 is 19.6 Å². The number of aryl methyl sites for hydroxylation is 1. The smallest absolute Gasteiger partial charge is 0.311 e. The van der Waals surface area contributed by atoms with Crippen LogP contribution in [0.25, 0.3) is 6.08 Å². The summed E-state index contributed by atoms with van der Waals surface area (Å²) in [6, 6.07) is 10.6. The lowest BCUT2D eigenvalue weighted by Gasteiger charge is -2.29. The summed E-state index contributed by atoms with van der Waals surface area (Å²) in [7, 11) is 0. The molecule has 2 amide bonds. The molecule has 0 aliphatic carbocycles. The number of amides is 2. The molecule has 1 aliphatic heterocycles. The minimum atomic E-state index is -0.756. The number of nitrogens with zero attached hydrogens (tertiary/aromatic N) is 2. The summed E-state index contributed by atoms with van der Waals surface area (Å²) in [5, 5.41) is 22.9. The van der Waals surface area contributed by atoms with Crippen LogP contribution >= 0.6 is 12.2 Å². The number of carbonyl (C=O) groups excluding carboxylic acids is 2. The van der Waals surface area contributed by atoms with Crippen LogP contribution in [0.1, 0.15) is 11.1 Å². The van der Waals surface area contributed by atoms with Crippen molar-refractivity contribution in [2.75, 3.05) is 4.90 Å². The van der Waals surface area contributed by atoms with Crippen molar-refractivity contribution >= 4 is 46.6 Å². The van der Waals surface area contributed by atoms with E-state index in [-0.39, 0.29) is 16.2 Å². The number of anilines is 1. The van der Waals surface area contributed by atoms with E-state index in [1.54, 1.807) is 18.2 Å². The lowest BCUT2D eigenvalue weighted by atomic mass is 10.1. The average molecular weight is 383 g/mol. The van der Waals surface area contributed by atoms with E-state index in [0.29, 0.717) is 5.69 Å². The fourth-order valence-corrected chi connectivity index (χ4v) is 2.88. The van der Waals surface area contributed by atoms with E-state index in [1.165, 1.54) is 17.0 Å². The molecule has 2 N–H and O–H groups in total. The highest BCUT2D eigenvalue weighted by Gasteiger charge is 2.34. The summed E-state index contributed by atoms with van der Waals surface area (Å²) < 4.78 is 0. The van der Waals surface area contributed by atoms with Crippen LogP contribution in [0.4, 0.5) is 11.4 Å². The summed E-state index contributed by atoms with van der Waals surface area (Å²) in [4.78, 5) is 36.5. The molecule has 0 bridgehead atoms. The molecule has 3 rings (SSSR count). The summed E-state index contributed by atoms with van der Waals surface area (Å²) >= 11 is 5.12. The zero-order valence-corrected chi connectivity index (χ0v) is 14.8. The Hall–Kier alpha value is -3.59. The molecular formula is C18H13N3O5S. The van der Waals surface area contributed by atoms with Crippen LogP contribution in [0, 0.1) is 17.0 Å². The van der Waals surface area contributed by atoms with Gasteiger partial charge < -0.3 is 5.11 Å². The zero-order chi connectivity index (χ0) is 19.7. The first kappa shape index (κ1) is 18.2. The van der Waals surface area contributed by atoms with E-state index in [4.69, 9.17) is 12.2 Å². The molecular weight excluding hydrogens is 370 g/mol. The van der Waals surface area contributed by atoms with Gasteiger partial charge in [0.2, 0.25) is 0 Å². The van der Waals surface area contributed by atoms with Crippen molar-refractivity contribution in [2.45, 2.75) is 6.92 Å². The minimum absolute atomic E-state index is 0.0514. The number of nitro benzene ring substituents is 1. The largest absolute Gasteiger partial charge is 0.502 e. The van der Waals surface area contributed by atoms with Crippen LogP contribution in [0.2, 0.25) is 0 Å². The molecule has 0 radical (unpaired) electrons. The van der Waals surface area contributed by atoms with Gasteiger partial charge in [0.1, 0.15) is 5.57 Å². The average Bonchev–Trinajstić information content (AvgIpc) is 2.59. The number of phenols is 1. The van der Waals surface area contributed by atoms with Crippen molar-refractivity contribution in [3.05, 3.63) is 69.3 Å². The predicted octanol–water partition coefficient (Wildman–Crippen LogP) is 2.44. The van der Waals surface area contributed by atoms with Gasteiger partial charge in [0.25, 0.3) is 11.8 Å². The van der Waals surface area contributed by atoms with Gasteiger partial charge >= 0.3 is 5.69 Å². The first-order chi connectivity index (χ1) is 12.8. The fourth-order valence-electron chi connectivity index (χ4n) is 2.60. The number of carbonyl (C=O) groups is 2. The van der Waals surface area contributed by atoms with E-state index in [2.05, 4.69) is 5.32 Å². The molecule has 27 heavy (non-hydrogen) atoms. The molecule has 1 saturated heterocycles. The van der Waals surface area contributed by atoms with Gasteiger partial charge in [-0.2, -0.15) is 0 Å². The van der Waals surface area contributed by atoms with Crippen molar-refractivity contribution in [1.29, 1.82) is 0 Å². The fraction of sp³-hybridized carbons (Fsp3) is 0.0556. The third-order valence-corrected chi connectivity index (χ3v) is 4.15. The zero-order valence-electron chi connectivity index (χ0n) is 14.0. The third-order valence-electron chi connectivity index (χ3n) is 3.87. The minimum Gasteiger partial charge on any atom is -0.502 e. The molecule has 0 unspecified atom stereocenters. The van der Waals surface area contributed by atoms with Gasteiger partial charge in [-0.15, -0.1) is 0 Å². The Morgan fingerprint density at radius 2 is 1.96 bits per heavy atom. The second kappa shape index (κ2) is 6.96. The van der Waals surface area contributed by atoms with Crippen LogP contribution in [-0.2, 0) is 9.59 Å². The monoisotopic (exact) mass is 383 g/mol. The van der Waals surface area contributed by atoms with Crippen LogP contribution in [0.3, 0.4) is 0 Å². The summed E-state index contributed by atoms with van der Waals surface area (Å²) in [5.41, 5.74) is 0.853. The third kappa shape index (κ3) is 3.53. The van der Waals surface area contributed by atoms with Gasteiger partial charge in [0.05, 0.1) is 10.6 Å². The Morgan fingerprint density at radius 3 is 2.63 bits per heavy atom. The molecule has 1 fully saturated rings. The standard InChI is InChI=1S/C18H13N3O5S/c1-10-3-2-4-12(7-10)20-17(24)13(16(23)19-18(20)27)8-11-5-6-15(22)14(9-11)21(25)26/h2-9,22H,1H3,(H,19,23,27)/b13-8+.